The van der Waals surface area contributed by atoms with Gasteiger partial charge in [-0.1, -0.05) is 0 Å². The third-order valence-corrected chi connectivity index (χ3v) is 5.72. The van der Waals surface area contributed by atoms with Crippen LogP contribution in [0.3, 0.4) is 0 Å². The molecule has 0 saturated carbocycles. The van der Waals surface area contributed by atoms with E-state index in [9.17, 15) is 17.6 Å². The van der Waals surface area contributed by atoms with Crippen LogP contribution < -0.4 is 5.32 Å². The van der Waals surface area contributed by atoms with Gasteiger partial charge in [-0.05, 0) is 24.3 Å². The number of amides is 1. The Morgan fingerprint density at radius 2 is 1.83 bits per heavy atom. The summed E-state index contributed by atoms with van der Waals surface area (Å²) in [6.07, 6.45) is 0. The van der Waals surface area contributed by atoms with Crippen LogP contribution in [0.5, 0.6) is 0 Å². The molecule has 1 aromatic carbocycles. The Morgan fingerprint density at radius 1 is 1.21 bits per heavy atom. The summed E-state index contributed by atoms with van der Waals surface area (Å²) in [4.78, 5) is 13.5. The van der Waals surface area contributed by atoms with Crippen molar-refractivity contribution < 1.29 is 22.3 Å². The van der Waals surface area contributed by atoms with Crippen molar-refractivity contribution in [3.8, 4) is 0 Å². The van der Waals surface area contributed by atoms with E-state index in [4.69, 9.17) is 4.74 Å². The molecular formula is C15H22FN3O4S. The number of sulfonamides is 1. The van der Waals surface area contributed by atoms with Gasteiger partial charge in [-0.2, -0.15) is 4.31 Å². The second kappa shape index (κ2) is 8.52. The van der Waals surface area contributed by atoms with Crippen molar-refractivity contribution in [1.82, 2.24) is 14.5 Å². The Balaban J connectivity index is 1.81. The molecule has 1 aliphatic heterocycles. The van der Waals surface area contributed by atoms with Crippen molar-refractivity contribution in [2.75, 3.05) is 53.0 Å². The van der Waals surface area contributed by atoms with Crippen molar-refractivity contribution in [3.63, 3.8) is 0 Å². The summed E-state index contributed by atoms with van der Waals surface area (Å²) in [6, 6.07) is 4.85. The minimum Gasteiger partial charge on any atom is -0.375 e. The van der Waals surface area contributed by atoms with Crippen LogP contribution in [-0.2, 0) is 19.6 Å². The normalized spacial score (nSPS) is 16.9. The predicted octanol–water partition coefficient (Wildman–Crippen LogP) is -0.105. The molecule has 0 unspecified atom stereocenters. The van der Waals surface area contributed by atoms with E-state index in [1.54, 1.807) is 0 Å². The first-order chi connectivity index (χ1) is 11.4. The Bertz CT molecular complexity index is 643. The van der Waals surface area contributed by atoms with E-state index in [0.717, 1.165) is 12.1 Å². The summed E-state index contributed by atoms with van der Waals surface area (Å²) in [5, 5.41) is 2.73. The van der Waals surface area contributed by atoms with E-state index in [1.807, 2.05) is 0 Å². The number of methoxy groups -OCH3 is 1. The molecule has 0 aromatic heterocycles. The van der Waals surface area contributed by atoms with Gasteiger partial charge in [0.05, 0.1) is 4.90 Å². The molecule has 0 radical (unpaired) electrons. The molecule has 0 aliphatic carbocycles. The Hall–Kier alpha value is -1.55. The second-order valence-electron chi connectivity index (χ2n) is 5.48. The maximum Gasteiger partial charge on any atom is 0.246 e. The molecule has 24 heavy (non-hydrogen) atoms. The number of halogens is 1. The van der Waals surface area contributed by atoms with Crippen LogP contribution in [-0.4, -0.2) is 76.5 Å². The highest BCUT2D eigenvalue weighted by Crippen LogP contribution is 2.17. The zero-order valence-corrected chi connectivity index (χ0v) is 14.4. The van der Waals surface area contributed by atoms with Crippen molar-refractivity contribution in [2.24, 2.45) is 0 Å². The molecule has 1 heterocycles. The first kappa shape index (κ1) is 18.8. The third-order valence-electron chi connectivity index (χ3n) is 3.81. The van der Waals surface area contributed by atoms with Crippen LogP contribution in [0.15, 0.2) is 29.2 Å². The largest absolute Gasteiger partial charge is 0.375 e. The zero-order chi connectivity index (χ0) is 17.6. The van der Waals surface area contributed by atoms with Gasteiger partial charge in [0.15, 0.2) is 0 Å². The molecule has 1 N–H and O–H groups in total. The molecular weight excluding hydrogens is 337 g/mol. The van der Waals surface area contributed by atoms with Gasteiger partial charge in [0.2, 0.25) is 15.9 Å². The number of hydrogen-bond acceptors (Lipinski definition) is 5. The summed E-state index contributed by atoms with van der Waals surface area (Å²) >= 11 is 0. The van der Waals surface area contributed by atoms with Gasteiger partial charge in [0, 0.05) is 46.4 Å². The predicted molar refractivity (Wildman–Crippen MR) is 86.5 cm³/mol. The van der Waals surface area contributed by atoms with Crippen LogP contribution in [0.1, 0.15) is 0 Å². The van der Waals surface area contributed by atoms with Gasteiger partial charge >= 0.3 is 0 Å². The van der Waals surface area contributed by atoms with E-state index >= 15 is 0 Å². The first-order valence-electron chi connectivity index (χ1n) is 7.67. The van der Waals surface area contributed by atoms with Gasteiger partial charge in [-0.15, -0.1) is 0 Å². The van der Waals surface area contributed by atoms with Crippen molar-refractivity contribution in [2.45, 2.75) is 4.90 Å². The number of piperazine rings is 1. The number of nitrogens with zero attached hydrogens (tertiary/aromatic N) is 2. The molecule has 0 spiro atoms. The fourth-order valence-electron chi connectivity index (χ4n) is 2.48. The molecule has 1 saturated heterocycles. The van der Waals surface area contributed by atoms with E-state index in [0.29, 0.717) is 39.3 Å². The highest BCUT2D eigenvalue weighted by molar-refractivity contribution is 7.89. The summed E-state index contributed by atoms with van der Waals surface area (Å²) in [5.41, 5.74) is 0. The lowest BCUT2D eigenvalue weighted by Crippen LogP contribution is -2.50. The van der Waals surface area contributed by atoms with Crippen LogP contribution in [0, 0.1) is 5.82 Å². The van der Waals surface area contributed by atoms with Crippen LogP contribution in [0.25, 0.3) is 0 Å². The monoisotopic (exact) mass is 359 g/mol. The lowest BCUT2D eigenvalue weighted by Gasteiger charge is -2.33. The van der Waals surface area contributed by atoms with Gasteiger partial charge in [0.1, 0.15) is 12.4 Å². The Kier molecular flexibility index (Phi) is 6.67. The lowest BCUT2D eigenvalue weighted by atomic mass is 10.3. The maximum absolute atomic E-state index is 12.9. The Labute approximate surface area is 141 Å². The Morgan fingerprint density at radius 3 is 2.42 bits per heavy atom. The number of nitrogens with one attached hydrogen (secondary N) is 1. The molecule has 7 nitrogen and oxygen atoms in total. The highest BCUT2D eigenvalue weighted by atomic mass is 32.2. The minimum atomic E-state index is -3.59. The SMILES string of the molecule is COCC(=O)NCCN1CCN(S(=O)(=O)c2ccc(F)cc2)CC1. The average Bonchev–Trinajstić information content (AvgIpc) is 2.56. The number of rotatable bonds is 7. The number of carbonyl (C=O) groups excluding carboxylic acids is 1. The fourth-order valence-corrected chi connectivity index (χ4v) is 3.91. The maximum atomic E-state index is 12.9. The molecule has 134 valence electrons. The molecule has 0 atom stereocenters. The number of hydrogen-bond donors (Lipinski definition) is 1. The topological polar surface area (TPSA) is 79.0 Å². The van der Waals surface area contributed by atoms with E-state index in [-0.39, 0.29) is 17.4 Å². The first-order valence-corrected chi connectivity index (χ1v) is 9.11. The van der Waals surface area contributed by atoms with E-state index < -0.39 is 15.8 Å². The van der Waals surface area contributed by atoms with Crippen LogP contribution >= 0.6 is 0 Å². The van der Waals surface area contributed by atoms with Gasteiger partial charge < -0.3 is 10.1 Å². The smallest absolute Gasteiger partial charge is 0.246 e. The summed E-state index contributed by atoms with van der Waals surface area (Å²) in [7, 11) is -2.13. The number of carbonyl (C=O) groups is 1. The molecule has 9 heteroatoms. The molecule has 1 aliphatic rings. The highest BCUT2D eigenvalue weighted by Gasteiger charge is 2.28. The number of ether oxygens (including phenoxy) is 1. The molecule has 1 aromatic rings. The van der Waals surface area contributed by atoms with Crippen molar-refractivity contribution >= 4 is 15.9 Å². The standard InChI is InChI=1S/C15H22FN3O4S/c1-23-12-15(20)17-6-7-18-8-10-19(11-9-18)24(21,22)14-4-2-13(16)3-5-14/h2-5H,6-12H2,1H3,(H,17,20). The second-order valence-corrected chi connectivity index (χ2v) is 7.42. The molecule has 0 bridgehead atoms. The van der Waals surface area contributed by atoms with E-state index in [2.05, 4.69) is 10.2 Å². The average molecular weight is 359 g/mol. The summed E-state index contributed by atoms with van der Waals surface area (Å²) in [6.45, 7) is 3.08. The van der Waals surface area contributed by atoms with Crippen LogP contribution in [0.2, 0.25) is 0 Å². The van der Waals surface area contributed by atoms with Gasteiger partial charge in [0.25, 0.3) is 0 Å². The lowest BCUT2D eigenvalue weighted by molar-refractivity contribution is -0.124. The van der Waals surface area contributed by atoms with E-state index in [1.165, 1.54) is 23.5 Å². The quantitative estimate of drug-likeness (QED) is 0.735. The van der Waals surface area contributed by atoms with Crippen molar-refractivity contribution in [3.05, 3.63) is 30.1 Å². The van der Waals surface area contributed by atoms with Crippen molar-refractivity contribution in [1.29, 1.82) is 0 Å². The summed E-state index contributed by atoms with van der Waals surface area (Å²) in [5.74, 6) is -0.635. The molecule has 2 rings (SSSR count). The zero-order valence-electron chi connectivity index (χ0n) is 13.6. The summed E-state index contributed by atoms with van der Waals surface area (Å²) < 4.78 is 44.1. The minimum absolute atomic E-state index is 0.0314. The van der Waals surface area contributed by atoms with Gasteiger partial charge in [-0.25, -0.2) is 12.8 Å². The third kappa shape index (κ3) is 4.97. The van der Waals surface area contributed by atoms with Crippen LogP contribution in [0.4, 0.5) is 4.39 Å². The fraction of sp³-hybridized carbons (Fsp3) is 0.533. The molecule has 1 fully saturated rings. The van der Waals surface area contributed by atoms with Gasteiger partial charge in [-0.3, -0.25) is 9.69 Å². The molecule has 1 amide bonds. The number of benzene rings is 1.